The van der Waals surface area contributed by atoms with Crippen molar-refractivity contribution in [3.05, 3.63) is 53.6 Å². The lowest BCUT2D eigenvalue weighted by molar-refractivity contribution is -0.134. The summed E-state index contributed by atoms with van der Waals surface area (Å²) in [5.41, 5.74) is 2.89. The maximum absolute atomic E-state index is 12.8. The van der Waals surface area contributed by atoms with Crippen molar-refractivity contribution >= 4 is 17.5 Å². The molecule has 1 aliphatic rings. The van der Waals surface area contributed by atoms with Crippen molar-refractivity contribution in [2.45, 2.75) is 40.0 Å². The molecule has 2 aromatic carbocycles. The quantitative estimate of drug-likeness (QED) is 0.540. The summed E-state index contributed by atoms with van der Waals surface area (Å²) in [5.74, 6) is 0.757. The number of anilines is 1. The maximum Gasteiger partial charge on any atom is 0.260 e. The third kappa shape index (κ3) is 6.89. The lowest BCUT2D eigenvalue weighted by Gasteiger charge is -2.26. The van der Waals surface area contributed by atoms with Gasteiger partial charge < -0.3 is 24.6 Å². The van der Waals surface area contributed by atoms with Crippen LogP contribution in [0.1, 0.15) is 49.0 Å². The predicted octanol–water partition coefficient (Wildman–Crippen LogP) is 4.04. The third-order valence-corrected chi connectivity index (χ3v) is 6.07. The highest BCUT2D eigenvalue weighted by atomic mass is 16.5. The number of likely N-dealkylation sites (N-methyl/N-ethyl adjacent to an activating group) is 1. The molecule has 1 N–H and O–H groups in total. The molecule has 2 aromatic rings. The minimum Gasteiger partial charge on any atom is -0.490 e. The number of carbonyl (C=O) groups is 2. The van der Waals surface area contributed by atoms with E-state index in [1.54, 1.807) is 18.2 Å². The number of likely N-dealkylation sites (tertiary alicyclic amines) is 1. The standard InChI is InChI=1S/C27H37N3O4/c1-4-29(23-12-8-7-11-21(23)3)18-15-28-27(32)22-13-14-24(25(19-22)33-5-2)34-20-26(31)30-16-9-6-10-17-30/h7-8,11-14,19H,4-6,9-10,15-18,20H2,1-3H3,(H,28,32). The normalized spacial score (nSPS) is 13.3. The van der Waals surface area contributed by atoms with Gasteiger partial charge in [-0.1, -0.05) is 18.2 Å². The highest BCUT2D eigenvalue weighted by Gasteiger charge is 2.18. The Balaban J connectivity index is 1.57. The predicted molar refractivity (Wildman–Crippen MR) is 135 cm³/mol. The van der Waals surface area contributed by atoms with Crippen LogP contribution in [-0.4, -0.2) is 62.7 Å². The van der Waals surface area contributed by atoms with E-state index >= 15 is 0 Å². The summed E-state index contributed by atoms with van der Waals surface area (Å²) in [5, 5.41) is 3.00. The molecular formula is C27H37N3O4. The summed E-state index contributed by atoms with van der Waals surface area (Å²) in [6.07, 6.45) is 3.26. The van der Waals surface area contributed by atoms with E-state index in [4.69, 9.17) is 9.47 Å². The van der Waals surface area contributed by atoms with E-state index in [9.17, 15) is 9.59 Å². The summed E-state index contributed by atoms with van der Waals surface area (Å²) in [6.45, 7) is 10.2. The molecule has 7 nitrogen and oxygen atoms in total. The van der Waals surface area contributed by atoms with Gasteiger partial charge in [-0.25, -0.2) is 0 Å². The zero-order chi connectivity index (χ0) is 24.3. The molecule has 184 valence electrons. The molecule has 7 heteroatoms. The molecule has 1 heterocycles. The average molecular weight is 468 g/mol. The van der Waals surface area contributed by atoms with Crippen molar-refractivity contribution in [1.29, 1.82) is 0 Å². The van der Waals surface area contributed by atoms with Crippen LogP contribution in [0.3, 0.4) is 0 Å². The number of carbonyl (C=O) groups excluding carboxylic acids is 2. The average Bonchev–Trinajstić information content (AvgIpc) is 2.87. The molecule has 1 aliphatic heterocycles. The van der Waals surface area contributed by atoms with E-state index in [0.717, 1.165) is 32.5 Å². The SMILES string of the molecule is CCOc1cc(C(=O)NCCN(CC)c2ccccc2C)ccc1OCC(=O)N1CCCCC1. The van der Waals surface area contributed by atoms with Gasteiger partial charge in [0.2, 0.25) is 0 Å². The van der Waals surface area contributed by atoms with Gasteiger partial charge in [-0.05, 0) is 69.9 Å². The minimum absolute atomic E-state index is 0.0156. The van der Waals surface area contributed by atoms with E-state index in [-0.39, 0.29) is 18.4 Å². The fraction of sp³-hybridized carbons (Fsp3) is 0.481. The second-order valence-electron chi connectivity index (χ2n) is 8.45. The number of nitrogens with one attached hydrogen (secondary N) is 1. The Hall–Kier alpha value is -3.22. The number of nitrogens with zero attached hydrogens (tertiary/aromatic N) is 2. The topological polar surface area (TPSA) is 71.1 Å². The van der Waals surface area contributed by atoms with E-state index in [1.165, 1.54) is 17.7 Å². The van der Waals surface area contributed by atoms with Crippen LogP contribution in [-0.2, 0) is 4.79 Å². The van der Waals surface area contributed by atoms with Crippen LogP contribution in [0.2, 0.25) is 0 Å². The van der Waals surface area contributed by atoms with Gasteiger partial charge in [0.1, 0.15) is 0 Å². The highest BCUT2D eigenvalue weighted by Crippen LogP contribution is 2.29. The summed E-state index contributed by atoms with van der Waals surface area (Å²) in [4.78, 5) is 29.3. The number of amides is 2. The van der Waals surface area contributed by atoms with E-state index in [1.807, 2.05) is 24.0 Å². The van der Waals surface area contributed by atoms with Gasteiger partial charge in [0.25, 0.3) is 11.8 Å². The first-order valence-corrected chi connectivity index (χ1v) is 12.3. The number of hydrogen-bond acceptors (Lipinski definition) is 5. The zero-order valence-electron chi connectivity index (χ0n) is 20.6. The lowest BCUT2D eigenvalue weighted by Crippen LogP contribution is -2.38. The number of benzene rings is 2. The van der Waals surface area contributed by atoms with Crippen LogP contribution in [0.4, 0.5) is 5.69 Å². The molecule has 0 unspecified atom stereocenters. The monoisotopic (exact) mass is 467 g/mol. The van der Waals surface area contributed by atoms with Crippen molar-refractivity contribution < 1.29 is 19.1 Å². The molecule has 1 fully saturated rings. The van der Waals surface area contributed by atoms with Crippen molar-refractivity contribution in [3.63, 3.8) is 0 Å². The van der Waals surface area contributed by atoms with E-state index in [2.05, 4.69) is 36.2 Å². The molecule has 0 aliphatic carbocycles. The molecular weight excluding hydrogens is 430 g/mol. The molecule has 0 saturated carbocycles. The van der Waals surface area contributed by atoms with Crippen LogP contribution in [0.25, 0.3) is 0 Å². The second kappa shape index (κ2) is 12.9. The lowest BCUT2D eigenvalue weighted by atomic mass is 10.1. The highest BCUT2D eigenvalue weighted by molar-refractivity contribution is 5.95. The Labute approximate surface area is 203 Å². The number of aryl methyl sites for hydroxylation is 1. The number of hydrogen-bond donors (Lipinski definition) is 1. The molecule has 0 aromatic heterocycles. The summed E-state index contributed by atoms with van der Waals surface area (Å²) in [7, 11) is 0. The number of para-hydroxylation sites is 1. The van der Waals surface area contributed by atoms with Gasteiger partial charge in [-0.15, -0.1) is 0 Å². The molecule has 1 saturated heterocycles. The van der Waals surface area contributed by atoms with Crippen molar-refractivity contribution in [2.24, 2.45) is 0 Å². The van der Waals surface area contributed by atoms with Crippen LogP contribution >= 0.6 is 0 Å². The Morgan fingerprint density at radius 2 is 1.76 bits per heavy atom. The minimum atomic E-state index is -0.169. The molecule has 0 spiro atoms. The Kier molecular flexibility index (Phi) is 9.62. The van der Waals surface area contributed by atoms with Crippen molar-refractivity contribution in [1.82, 2.24) is 10.2 Å². The van der Waals surface area contributed by atoms with Gasteiger partial charge in [0.15, 0.2) is 18.1 Å². The van der Waals surface area contributed by atoms with Crippen LogP contribution < -0.4 is 19.7 Å². The fourth-order valence-electron chi connectivity index (χ4n) is 4.18. The van der Waals surface area contributed by atoms with Gasteiger partial charge >= 0.3 is 0 Å². The first-order chi connectivity index (χ1) is 16.5. The summed E-state index contributed by atoms with van der Waals surface area (Å²) >= 11 is 0. The number of ether oxygens (including phenoxy) is 2. The molecule has 0 radical (unpaired) electrons. The maximum atomic E-state index is 12.8. The van der Waals surface area contributed by atoms with Crippen LogP contribution in [0, 0.1) is 6.92 Å². The zero-order valence-corrected chi connectivity index (χ0v) is 20.6. The third-order valence-electron chi connectivity index (χ3n) is 6.07. The van der Waals surface area contributed by atoms with E-state index < -0.39 is 0 Å². The number of piperidine rings is 1. The van der Waals surface area contributed by atoms with Crippen LogP contribution in [0.5, 0.6) is 11.5 Å². The summed E-state index contributed by atoms with van der Waals surface area (Å²) < 4.78 is 11.5. The van der Waals surface area contributed by atoms with Crippen molar-refractivity contribution in [2.75, 3.05) is 50.8 Å². The second-order valence-corrected chi connectivity index (χ2v) is 8.45. The van der Waals surface area contributed by atoms with Gasteiger partial charge in [0.05, 0.1) is 6.61 Å². The molecule has 0 bridgehead atoms. The fourth-order valence-corrected chi connectivity index (χ4v) is 4.18. The Morgan fingerprint density at radius 3 is 2.47 bits per heavy atom. The van der Waals surface area contributed by atoms with Gasteiger partial charge in [-0.2, -0.15) is 0 Å². The molecule has 34 heavy (non-hydrogen) atoms. The Bertz CT molecular complexity index is 957. The molecule has 2 amide bonds. The van der Waals surface area contributed by atoms with Crippen molar-refractivity contribution in [3.8, 4) is 11.5 Å². The van der Waals surface area contributed by atoms with E-state index in [0.29, 0.717) is 36.8 Å². The first kappa shape index (κ1) is 25.4. The van der Waals surface area contributed by atoms with Gasteiger partial charge in [0, 0.05) is 44.0 Å². The summed E-state index contributed by atoms with van der Waals surface area (Å²) in [6, 6.07) is 13.3. The van der Waals surface area contributed by atoms with Gasteiger partial charge in [-0.3, -0.25) is 9.59 Å². The van der Waals surface area contributed by atoms with Crippen LogP contribution in [0.15, 0.2) is 42.5 Å². The number of rotatable bonds is 11. The molecule has 0 atom stereocenters. The largest absolute Gasteiger partial charge is 0.490 e. The Morgan fingerprint density at radius 1 is 1.00 bits per heavy atom. The first-order valence-electron chi connectivity index (χ1n) is 12.3. The smallest absolute Gasteiger partial charge is 0.260 e. The molecule has 3 rings (SSSR count).